The van der Waals surface area contributed by atoms with Crippen LogP contribution in [0.5, 0.6) is 5.75 Å². The summed E-state index contributed by atoms with van der Waals surface area (Å²) in [4.78, 5) is 22.1. The topological polar surface area (TPSA) is 82.7 Å². The molecule has 1 aliphatic rings. The van der Waals surface area contributed by atoms with Crippen LogP contribution in [-0.2, 0) is 17.6 Å². The van der Waals surface area contributed by atoms with Gasteiger partial charge in [-0.1, -0.05) is 25.1 Å². The number of rotatable bonds is 8. The molecule has 0 saturated carbocycles. The van der Waals surface area contributed by atoms with Crippen LogP contribution in [0.4, 0.5) is 0 Å². The molecule has 3 rings (SSSR count). The fraction of sp³-hybridized carbons (Fsp3) is 0.478. The van der Waals surface area contributed by atoms with Gasteiger partial charge in [0.2, 0.25) is 5.91 Å². The van der Waals surface area contributed by atoms with Crippen LogP contribution in [0, 0.1) is 0 Å². The van der Waals surface area contributed by atoms with Crippen LogP contribution >= 0.6 is 0 Å². The number of hydrogen-bond acceptors (Lipinski definition) is 5. The molecule has 0 aliphatic carbocycles. The van der Waals surface area contributed by atoms with E-state index in [9.17, 15) is 9.90 Å². The van der Waals surface area contributed by atoms with E-state index in [0.29, 0.717) is 13.0 Å². The lowest BCUT2D eigenvalue weighted by Gasteiger charge is -2.39. The zero-order valence-corrected chi connectivity index (χ0v) is 17.2. The highest BCUT2D eigenvalue weighted by molar-refractivity contribution is 5.82. The maximum atomic E-state index is 13.3. The molecule has 6 nitrogen and oxygen atoms in total. The van der Waals surface area contributed by atoms with Gasteiger partial charge in [-0.15, -0.1) is 0 Å². The third-order valence-corrected chi connectivity index (χ3v) is 5.77. The van der Waals surface area contributed by atoms with Gasteiger partial charge in [0.15, 0.2) is 0 Å². The van der Waals surface area contributed by atoms with Gasteiger partial charge in [-0.05, 0) is 55.6 Å². The number of phenols is 1. The second-order valence-electron chi connectivity index (χ2n) is 7.75. The summed E-state index contributed by atoms with van der Waals surface area (Å²) in [6, 6.07) is 12.4. The zero-order chi connectivity index (χ0) is 20.6. The molecular weight excluding hydrogens is 364 g/mol. The van der Waals surface area contributed by atoms with Crippen LogP contribution in [0.3, 0.4) is 0 Å². The van der Waals surface area contributed by atoms with E-state index >= 15 is 0 Å². The lowest BCUT2D eigenvalue weighted by molar-refractivity contribution is -0.136. The molecule has 2 aromatic rings. The molecule has 6 heteroatoms. The van der Waals surface area contributed by atoms with Gasteiger partial charge in [-0.3, -0.25) is 9.78 Å². The molecule has 156 valence electrons. The van der Waals surface area contributed by atoms with Crippen molar-refractivity contribution in [1.82, 2.24) is 14.8 Å². The summed E-state index contributed by atoms with van der Waals surface area (Å²) in [6.07, 6.45) is 4.94. The highest BCUT2D eigenvalue weighted by atomic mass is 16.3. The van der Waals surface area contributed by atoms with Crippen molar-refractivity contribution < 1.29 is 9.90 Å². The first-order valence-corrected chi connectivity index (χ1v) is 10.5. The summed E-state index contributed by atoms with van der Waals surface area (Å²) >= 11 is 0. The van der Waals surface area contributed by atoms with Gasteiger partial charge in [0.05, 0.1) is 6.04 Å². The van der Waals surface area contributed by atoms with Crippen molar-refractivity contribution >= 4 is 5.91 Å². The predicted molar refractivity (Wildman–Crippen MR) is 115 cm³/mol. The minimum atomic E-state index is -0.590. The number of phenolic OH excluding ortho intramolecular Hbond substituents is 1. The minimum absolute atomic E-state index is 0.00366. The molecule has 3 N–H and O–H groups in total. The number of aromatic hydroxyl groups is 1. The van der Waals surface area contributed by atoms with E-state index in [1.807, 2.05) is 35.2 Å². The Morgan fingerprint density at radius 2 is 1.97 bits per heavy atom. The Kier molecular flexibility index (Phi) is 7.61. The van der Waals surface area contributed by atoms with Gasteiger partial charge in [0, 0.05) is 44.0 Å². The van der Waals surface area contributed by atoms with Crippen molar-refractivity contribution in [2.45, 2.75) is 44.7 Å². The number of likely N-dealkylation sites (tertiary alicyclic amines) is 1. The van der Waals surface area contributed by atoms with E-state index in [-0.39, 0.29) is 17.7 Å². The molecule has 1 amide bonds. The number of aromatic nitrogens is 1. The Hall–Kier alpha value is -2.44. The van der Waals surface area contributed by atoms with E-state index in [0.717, 1.165) is 50.2 Å². The lowest BCUT2D eigenvalue weighted by Crippen LogP contribution is -2.53. The number of nitrogens with zero attached hydrogens (tertiary/aromatic N) is 3. The average Bonchev–Trinajstić information content (AvgIpc) is 2.76. The SMILES string of the molecule is CCN1CCC(N(CCc2ccccn2)C(=O)[C@H](N)Cc2ccc(O)cc2)CC1. The monoisotopic (exact) mass is 396 g/mol. The number of piperidine rings is 1. The summed E-state index contributed by atoms with van der Waals surface area (Å²) in [6.45, 7) is 5.90. The first-order chi connectivity index (χ1) is 14.1. The summed E-state index contributed by atoms with van der Waals surface area (Å²) < 4.78 is 0. The molecule has 2 heterocycles. The normalized spacial score (nSPS) is 16.5. The smallest absolute Gasteiger partial charge is 0.240 e. The maximum Gasteiger partial charge on any atom is 0.240 e. The van der Waals surface area contributed by atoms with Crippen LogP contribution in [0.25, 0.3) is 0 Å². The fourth-order valence-electron chi connectivity index (χ4n) is 3.99. The maximum absolute atomic E-state index is 13.3. The number of hydrogen-bond donors (Lipinski definition) is 2. The third-order valence-electron chi connectivity index (χ3n) is 5.77. The van der Waals surface area contributed by atoms with Crippen LogP contribution in [-0.4, -0.2) is 64.1 Å². The van der Waals surface area contributed by atoms with E-state index in [4.69, 9.17) is 5.73 Å². The largest absolute Gasteiger partial charge is 0.508 e. The first-order valence-electron chi connectivity index (χ1n) is 10.5. The van der Waals surface area contributed by atoms with Crippen LogP contribution in [0.1, 0.15) is 31.0 Å². The van der Waals surface area contributed by atoms with Crippen molar-refractivity contribution in [2.75, 3.05) is 26.2 Å². The highest BCUT2D eigenvalue weighted by Crippen LogP contribution is 2.19. The average molecular weight is 397 g/mol. The quantitative estimate of drug-likeness (QED) is 0.715. The van der Waals surface area contributed by atoms with Crippen molar-refractivity contribution in [3.63, 3.8) is 0 Å². The molecule has 0 spiro atoms. The summed E-state index contributed by atoms with van der Waals surface area (Å²) in [5.41, 5.74) is 8.28. The summed E-state index contributed by atoms with van der Waals surface area (Å²) in [5.74, 6) is 0.220. The Labute approximate surface area is 173 Å². The number of carbonyl (C=O) groups is 1. The molecule has 0 unspecified atom stereocenters. The molecule has 0 bridgehead atoms. The molecule has 0 radical (unpaired) electrons. The van der Waals surface area contributed by atoms with Crippen molar-refractivity contribution in [3.8, 4) is 5.75 Å². The Morgan fingerprint density at radius 1 is 1.24 bits per heavy atom. The highest BCUT2D eigenvalue weighted by Gasteiger charge is 2.30. The Morgan fingerprint density at radius 3 is 2.59 bits per heavy atom. The predicted octanol–water partition coefficient (Wildman–Crippen LogP) is 2.21. The minimum Gasteiger partial charge on any atom is -0.508 e. The molecule has 1 aromatic heterocycles. The fourth-order valence-corrected chi connectivity index (χ4v) is 3.99. The van der Waals surface area contributed by atoms with Gasteiger partial charge in [-0.25, -0.2) is 0 Å². The number of benzene rings is 1. The Balaban J connectivity index is 1.68. The van der Waals surface area contributed by atoms with Crippen LogP contribution in [0.2, 0.25) is 0 Å². The number of amides is 1. The van der Waals surface area contributed by atoms with Gasteiger partial charge >= 0.3 is 0 Å². The van der Waals surface area contributed by atoms with Gasteiger partial charge < -0.3 is 20.6 Å². The van der Waals surface area contributed by atoms with Crippen LogP contribution < -0.4 is 5.73 Å². The Bertz CT molecular complexity index is 758. The molecule has 1 atom stereocenters. The second-order valence-corrected chi connectivity index (χ2v) is 7.75. The van der Waals surface area contributed by atoms with Crippen molar-refractivity contribution in [2.24, 2.45) is 5.73 Å². The van der Waals surface area contributed by atoms with E-state index in [2.05, 4.69) is 16.8 Å². The van der Waals surface area contributed by atoms with Gasteiger partial charge in [-0.2, -0.15) is 0 Å². The van der Waals surface area contributed by atoms with Crippen molar-refractivity contribution in [3.05, 3.63) is 59.9 Å². The molecule has 1 saturated heterocycles. The molecule has 29 heavy (non-hydrogen) atoms. The number of nitrogens with two attached hydrogens (primary N) is 1. The molecule has 1 fully saturated rings. The first kappa shape index (κ1) is 21.3. The molecule has 1 aliphatic heterocycles. The number of pyridine rings is 1. The van der Waals surface area contributed by atoms with Crippen molar-refractivity contribution in [1.29, 1.82) is 0 Å². The zero-order valence-electron chi connectivity index (χ0n) is 17.2. The molecular formula is C23H32N4O2. The summed E-state index contributed by atoms with van der Waals surface area (Å²) in [5, 5.41) is 9.46. The number of carbonyl (C=O) groups excluding carboxylic acids is 1. The summed E-state index contributed by atoms with van der Waals surface area (Å²) in [7, 11) is 0. The van der Waals surface area contributed by atoms with Crippen LogP contribution in [0.15, 0.2) is 48.7 Å². The van der Waals surface area contributed by atoms with Gasteiger partial charge in [0.25, 0.3) is 0 Å². The van der Waals surface area contributed by atoms with E-state index < -0.39 is 6.04 Å². The van der Waals surface area contributed by atoms with Gasteiger partial charge in [0.1, 0.15) is 5.75 Å². The standard InChI is InChI=1S/C23H32N4O2/c1-2-26-14-11-20(12-15-26)27(16-10-19-5-3-4-13-25-19)23(29)22(24)17-18-6-8-21(28)9-7-18/h3-9,13,20,22,28H,2,10-12,14-17,24H2,1H3/t22-/m1/s1. The third kappa shape index (κ3) is 6.02. The molecule has 1 aromatic carbocycles. The second kappa shape index (κ2) is 10.4. The van der Waals surface area contributed by atoms with E-state index in [1.165, 1.54) is 0 Å². The lowest BCUT2D eigenvalue weighted by atomic mass is 9.99. The van der Waals surface area contributed by atoms with E-state index in [1.54, 1.807) is 18.3 Å².